The van der Waals surface area contributed by atoms with E-state index in [9.17, 15) is 13.9 Å². The molecule has 0 amide bonds. The van der Waals surface area contributed by atoms with Crippen LogP contribution < -0.4 is 10.1 Å². The molecule has 0 aliphatic carbocycles. The maximum atomic E-state index is 12.4. The van der Waals surface area contributed by atoms with Crippen molar-refractivity contribution in [1.29, 1.82) is 0 Å². The van der Waals surface area contributed by atoms with Gasteiger partial charge in [-0.25, -0.2) is 0 Å². The first-order chi connectivity index (χ1) is 9.61. The molecule has 3 atom stereocenters. The van der Waals surface area contributed by atoms with Gasteiger partial charge in [-0.3, -0.25) is 0 Å². The SMILES string of the molecule is CCC1CCNC(C(O)c2ccccc2OC(F)F)C1. The Morgan fingerprint density at radius 1 is 1.40 bits per heavy atom. The van der Waals surface area contributed by atoms with Crippen molar-refractivity contribution in [2.75, 3.05) is 6.54 Å². The number of para-hydroxylation sites is 1. The first-order valence-corrected chi connectivity index (χ1v) is 7.07. The zero-order chi connectivity index (χ0) is 14.5. The zero-order valence-electron chi connectivity index (χ0n) is 11.6. The average molecular weight is 285 g/mol. The molecular formula is C15H21F2NO2. The molecule has 1 saturated heterocycles. The summed E-state index contributed by atoms with van der Waals surface area (Å²) in [5, 5.41) is 13.7. The molecule has 1 aliphatic heterocycles. The second kappa shape index (κ2) is 6.99. The lowest BCUT2D eigenvalue weighted by molar-refractivity contribution is -0.0521. The van der Waals surface area contributed by atoms with E-state index in [1.807, 2.05) is 0 Å². The van der Waals surface area contributed by atoms with E-state index in [2.05, 4.69) is 17.0 Å². The van der Waals surface area contributed by atoms with E-state index in [1.165, 1.54) is 6.07 Å². The van der Waals surface area contributed by atoms with Crippen LogP contribution >= 0.6 is 0 Å². The van der Waals surface area contributed by atoms with Crippen LogP contribution in [0, 0.1) is 5.92 Å². The molecule has 2 rings (SSSR count). The molecule has 0 spiro atoms. The smallest absolute Gasteiger partial charge is 0.387 e. The van der Waals surface area contributed by atoms with Crippen molar-refractivity contribution in [2.24, 2.45) is 5.92 Å². The summed E-state index contributed by atoms with van der Waals surface area (Å²) in [5.41, 5.74) is 0.419. The highest BCUT2D eigenvalue weighted by Crippen LogP contribution is 2.32. The largest absolute Gasteiger partial charge is 0.434 e. The van der Waals surface area contributed by atoms with Crippen LogP contribution in [0.25, 0.3) is 0 Å². The predicted octanol–water partition coefficient (Wildman–Crippen LogP) is 3.10. The first kappa shape index (κ1) is 15.2. The molecule has 0 saturated carbocycles. The molecule has 1 aliphatic rings. The maximum absolute atomic E-state index is 12.4. The summed E-state index contributed by atoms with van der Waals surface area (Å²) in [7, 11) is 0. The summed E-state index contributed by atoms with van der Waals surface area (Å²) in [6.45, 7) is 0.0943. The van der Waals surface area contributed by atoms with Crippen LogP contribution in [-0.2, 0) is 0 Å². The Bertz CT molecular complexity index is 428. The van der Waals surface area contributed by atoms with Gasteiger partial charge in [0.05, 0.1) is 6.10 Å². The Labute approximate surface area is 117 Å². The van der Waals surface area contributed by atoms with E-state index in [0.717, 1.165) is 25.8 Å². The van der Waals surface area contributed by atoms with E-state index >= 15 is 0 Å². The number of hydrogen-bond acceptors (Lipinski definition) is 3. The third-order valence-corrected chi connectivity index (χ3v) is 3.96. The Morgan fingerprint density at radius 2 is 2.15 bits per heavy atom. The topological polar surface area (TPSA) is 41.5 Å². The molecule has 2 N–H and O–H groups in total. The fraction of sp³-hybridized carbons (Fsp3) is 0.600. The molecule has 1 heterocycles. The lowest BCUT2D eigenvalue weighted by Gasteiger charge is -2.33. The number of aliphatic hydroxyl groups excluding tert-OH is 1. The summed E-state index contributed by atoms with van der Waals surface area (Å²) in [5.74, 6) is 0.620. The standard InChI is InChI=1S/C15H21F2NO2/c1-2-10-7-8-18-12(9-10)14(19)11-5-3-4-6-13(11)20-15(16)17/h3-6,10,12,14-15,18-19H,2,7-9H2,1H3. The number of halogens is 2. The van der Waals surface area contributed by atoms with Crippen molar-refractivity contribution in [2.45, 2.75) is 44.9 Å². The number of nitrogens with one attached hydrogen (secondary N) is 1. The molecule has 20 heavy (non-hydrogen) atoms. The van der Waals surface area contributed by atoms with Gasteiger partial charge in [0.25, 0.3) is 0 Å². The van der Waals surface area contributed by atoms with E-state index in [-0.39, 0.29) is 11.8 Å². The fourth-order valence-corrected chi connectivity index (χ4v) is 2.79. The second-order valence-corrected chi connectivity index (χ2v) is 5.22. The van der Waals surface area contributed by atoms with E-state index in [4.69, 9.17) is 0 Å². The van der Waals surface area contributed by atoms with Gasteiger partial charge in [-0.2, -0.15) is 8.78 Å². The summed E-state index contributed by atoms with van der Waals surface area (Å²) in [6, 6.07) is 6.33. The Hall–Kier alpha value is -1.20. The van der Waals surface area contributed by atoms with Gasteiger partial charge in [-0.1, -0.05) is 31.5 Å². The Balaban J connectivity index is 2.13. The van der Waals surface area contributed by atoms with Gasteiger partial charge in [-0.15, -0.1) is 0 Å². The van der Waals surface area contributed by atoms with E-state index < -0.39 is 12.7 Å². The minimum atomic E-state index is -2.88. The summed E-state index contributed by atoms with van der Waals surface area (Å²) < 4.78 is 29.3. The van der Waals surface area contributed by atoms with Crippen molar-refractivity contribution in [3.63, 3.8) is 0 Å². The molecular weight excluding hydrogens is 264 g/mol. The molecule has 1 aromatic rings. The van der Waals surface area contributed by atoms with Crippen molar-refractivity contribution < 1.29 is 18.6 Å². The minimum absolute atomic E-state index is 0.0513. The summed E-state index contributed by atoms with van der Waals surface area (Å²) in [6.07, 6.45) is 2.18. The van der Waals surface area contributed by atoms with E-state index in [1.54, 1.807) is 18.2 Å². The first-order valence-electron chi connectivity index (χ1n) is 7.07. The van der Waals surface area contributed by atoms with Crippen molar-refractivity contribution in [1.82, 2.24) is 5.32 Å². The number of alkyl halides is 2. The molecule has 0 bridgehead atoms. The highest BCUT2D eigenvalue weighted by atomic mass is 19.3. The molecule has 1 fully saturated rings. The highest BCUT2D eigenvalue weighted by Gasteiger charge is 2.29. The van der Waals surface area contributed by atoms with Crippen LogP contribution in [0.4, 0.5) is 8.78 Å². The number of ether oxygens (including phenoxy) is 1. The highest BCUT2D eigenvalue weighted by molar-refractivity contribution is 5.36. The number of piperidine rings is 1. The normalized spacial score (nSPS) is 24.6. The average Bonchev–Trinajstić information content (AvgIpc) is 2.46. The van der Waals surface area contributed by atoms with Gasteiger partial charge in [0.15, 0.2) is 0 Å². The van der Waals surface area contributed by atoms with Gasteiger partial charge in [-0.05, 0) is 31.4 Å². The van der Waals surface area contributed by atoms with Crippen molar-refractivity contribution >= 4 is 0 Å². The predicted molar refractivity (Wildman–Crippen MR) is 72.8 cm³/mol. The van der Waals surface area contributed by atoms with Gasteiger partial charge in [0.2, 0.25) is 0 Å². The third kappa shape index (κ3) is 3.67. The van der Waals surface area contributed by atoms with Crippen molar-refractivity contribution in [3.8, 4) is 5.75 Å². The number of benzene rings is 1. The molecule has 112 valence electrons. The van der Waals surface area contributed by atoms with Gasteiger partial charge in [0, 0.05) is 11.6 Å². The lowest BCUT2D eigenvalue weighted by Crippen LogP contribution is -2.42. The quantitative estimate of drug-likeness (QED) is 0.873. The zero-order valence-corrected chi connectivity index (χ0v) is 11.6. The van der Waals surface area contributed by atoms with Crippen LogP contribution in [0.3, 0.4) is 0 Å². The molecule has 0 aromatic heterocycles. The Kier molecular flexibility index (Phi) is 5.31. The van der Waals surface area contributed by atoms with Crippen LogP contribution in [0.15, 0.2) is 24.3 Å². The second-order valence-electron chi connectivity index (χ2n) is 5.22. The fourth-order valence-electron chi connectivity index (χ4n) is 2.79. The number of rotatable bonds is 5. The molecule has 5 heteroatoms. The maximum Gasteiger partial charge on any atom is 0.387 e. The number of aliphatic hydroxyl groups is 1. The van der Waals surface area contributed by atoms with Crippen LogP contribution in [0.1, 0.15) is 37.9 Å². The van der Waals surface area contributed by atoms with Gasteiger partial charge >= 0.3 is 6.61 Å². The monoisotopic (exact) mass is 285 g/mol. The lowest BCUT2D eigenvalue weighted by atomic mass is 9.86. The molecule has 1 aromatic carbocycles. The molecule has 3 nitrogen and oxygen atoms in total. The van der Waals surface area contributed by atoms with Gasteiger partial charge < -0.3 is 15.2 Å². The van der Waals surface area contributed by atoms with Crippen LogP contribution in [0.2, 0.25) is 0 Å². The third-order valence-electron chi connectivity index (χ3n) is 3.96. The Morgan fingerprint density at radius 3 is 2.85 bits per heavy atom. The minimum Gasteiger partial charge on any atom is -0.434 e. The molecule has 3 unspecified atom stereocenters. The molecule has 0 radical (unpaired) electrons. The van der Waals surface area contributed by atoms with Crippen LogP contribution in [-0.4, -0.2) is 24.3 Å². The van der Waals surface area contributed by atoms with Crippen LogP contribution in [0.5, 0.6) is 5.75 Å². The summed E-state index contributed by atoms with van der Waals surface area (Å²) >= 11 is 0. The van der Waals surface area contributed by atoms with E-state index in [0.29, 0.717) is 11.5 Å². The van der Waals surface area contributed by atoms with Crippen molar-refractivity contribution in [3.05, 3.63) is 29.8 Å². The van der Waals surface area contributed by atoms with Gasteiger partial charge in [0.1, 0.15) is 5.75 Å². The summed E-state index contributed by atoms with van der Waals surface area (Å²) in [4.78, 5) is 0. The number of hydrogen-bond donors (Lipinski definition) is 2.